The molecule has 0 aromatic heterocycles. The molecule has 3 N–H and O–H groups in total. The molecule has 2 aliphatic carbocycles. The molecule has 88 valence electrons. The van der Waals surface area contributed by atoms with Crippen molar-refractivity contribution in [2.24, 2.45) is 11.1 Å². The lowest BCUT2D eigenvalue weighted by atomic mass is 10.0. The number of hydrogen-bond donors (Lipinski definition) is 2. The standard InChI is InChI=1S/C12H24N2O/c1-15-7-6-12(4-5-12)9-14-11-3-2-10(13)8-11/h10-11,14H,2-9,13H2,1H3. The number of nitrogens with two attached hydrogens (primary N) is 1. The van der Waals surface area contributed by atoms with Gasteiger partial charge in [-0.2, -0.15) is 0 Å². The van der Waals surface area contributed by atoms with E-state index in [2.05, 4.69) is 5.32 Å². The fourth-order valence-electron chi connectivity index (χ4n) is 2.57. The molecule has 0 aromatic carbocycles. The van der Waals surface area contributed by atoms with Crippen LogP contribution in [0, 0.1) is 5.41 Å². The Labute approximate surface area is 92.7 Å². The van der Waals surface area contributed by atoms with E-state index < -0.39 is 0 Å². The number of methoxy groups -OCH3 is 1. The van der Waals surface area contributed by atoms with Crippen molar-refractivity contribution in [2.75, 3.05) is 20.3 Å². The summed E-state index contributed by atoms with van der Waals surface area (Å²) in [7, 11) is 1.79. The molecule has 2 aliphatic rings. The van der Waals surface area contributed by atoms with E-state index in [-0.39, 0.29) is 0 Å². The lowest BCUT2D eigenvalue weighted by Gasteiger charge is -2.19. The highest BCUT2D eigenvalue weighted by atomic mass is 16.5. The molecule has 0 radical (unpaired) electrons. The Kier molecular flexibility index (Phi) is 3.65. The van der Waals surface area contributed by atoms with Gasteiger partial charge in [0.2, 0.25) is 0 Å². The van der Waals surface area contributed by atoms with E-state index in [1.165, 1.54) is 45.1 Å². The predicted molar refractivity (Wildman–Crippen MR) is 61.8 cm³/mol. The van der Waals surface area contributed by atoms with Crippen molar-refractivity contribution in [3.63, 3.8) is 0 Å². The summed E-state index contributed by atoms with van der Waals surface area (Å²) < 4.78 is 5.16. The Morgan fingerprint density at radius 1 is 1.40 bits per heavy atom. The average Bonchev–Trinajstić information content (AvgIpc) is 2.89. The van der Waals surface area contributed by atoms with Crippen LogP contribution in [0.25, 0.3) is 0 Å². The summed E-state index contributed by atoms with van der Waals surface area (Å²) in [5.74, 6) is 0. The van der Waals surface area contributed by atoms with Gasteiger partial charge in [0.25, 0.3) is 0 Å². The summed E-state index contributed by atoms with van der Waals surface area (Å²) in [5.41, 5.74) is 6.47. The smallest absolute Gasteiger partial charge is 0.0468 e. The second-order valence-electron chi connectivity index (χ2n) is 5.39. The van der Waals surface area contributed by atoms with E-state index in [9.17, 15) is 0 Å². The third-order valence-electron chi connectivity index (χ3n) is 4.03. The molecule has 2 atom stereocenters. The average molecular weight is 212 g/mol. The maximum Gasteiger partial charge on any atom is 0.0468 e. The van der Waals surface area contributed by atoms with Crippen molar-refractivity contribution in [3.8, 4) is 0 Å². The molecule has 2 saturated carbocycles. The van der Waals surface area contributed by atoms with Gasteiger partial charge in [-0.25, -0.2) is 0 Å². The van der Waals surface area contributed by atoms with Gasteiger partial charge in [0.1, 0.15) is 0 Å². The fraction of sp³-hybridized carbons (Fsp3) is 1.00. The molecule has 0 aromatic rings. The summed E-state index contributed by atoms with van der Waals surface area (Å²) >= 11 is 0. The normalized spacial score (nSPS) is 33.2. The van der Waals surface area contributed by atoms with Gasteiger partial charge in [-0.05, 0) is 43.9 Å². The first kappa shape index (κ1) is 11.4. The van der Waals surface area contributed by atoms with Gasteiger partial charge >= 0.3 is 0 Å². The SMILES string of the molecule is COCCC1(CNC2CCC(N)C2)CC1. The molecule has 0 saturated heterocycles. The highest BCUT2D eigenvalue weighted by Gasteiger charge is 2.42. The van der Waals surface area contributed by atoms with Crippen LogP contribution < -0.4 is 11.1 Å². The highest BCUT2D eigenvalue weighted by molar-refractivity contribution is 4.96. The topological polar surface area (TPSA) is 47.3 Å². The minimum atomic E-state index is 0.441. The highest BCUT2D eigenvalue weighted by Crippen LogP contribution is 2.48. The van der Waals surface area contributed by atoms with Crippen LogP contribution in [0.15, 0.2) is 0 Å². The minimum absolute atomic E-state index is 0.441. The summed E-state index contributed by atoms with van der Waals surface area (Å²) in [6, 6.07) is 1.12. The Hall–Kier alpha value is -0.120. The maximum atomic E-state index is 5.90. The zero-order chi connectivity index (χ0) is 10.7. The second kappa shape index (κ2) is 4.81. The van der Waals surface area contributed by atoms with Gasteiger partial charge < -0.3 is 15.8 Å². The summed E-state index contributed by atoms with van der Waals surface area (Å²) in [6.45, 7) is 2.08. The van der Waals surface area contributed by atoms with E-state index in [0.717, 1.165) is 6.61 Å². The van der Waals surface area contributed by atoms with Crippen molar-refractivity contribution in [1.82, 2.24) is 5.32 Å². The Morgan fingerprint density at radius 2 is 2.20 bits per heavy atom. The van der Waals surface area contributed by atoms with Gasteiger partial charge in [0, 0.05) is 32.3 Å². The molecule has 2 fully saturated rings. The van der Waals surface area contributed by atoms with Gasteiger partial charge in [0.05, 0.1) is 0 Å². The lowest BCUT2D eigenvalue weighted by Crippen LogP contribution is -2.34. The third-order valence-corrected chi connectivity index (χ3v) is 4.03. The van der Waals surface area contributed by atoms with Crippen LogP contribution in [0.1, 0.15) is 38.5 Å². The quantitative estimate of drug-likeness (QED) is 0.697. The molecular formula is C12H24N2O. The molecule has 3 heteroatoms. The van der Waals surface area contributed by atoms with Gasteiger partial charge in [-0.3, -0.25) is 0 Å². The van der Waals surface area contributed by atoms with Crippen LogP contribution in [-0.4, -0.2) is 32.3 Å². The monoisotopic (exact) mass is 212 g/mol. The van der Waals surface area contributed by atoms with Gasteiger partial charge in [-0.15, -0.1) is 0 Å². The first-order chi connectivity index (χ1) is 7.24. The molecule has 3 nitrogen and oxygen atoms in total. The largest absolute Gasteiger partial charge is 0.385 e. The first-order valence-corrected chi connectivity index (χ1v) is 6.22. The number of nitrogens with one attached hydrogen (secondary N) is 1. The molecule has 0 amide bonds. The van der Waals surface area contributed by atoms with Crippen molar-refractivity contribution < 1.29 is 4.74 Å². The maximum absolute atomic E-state index is 5.90. The number of rotatable bonds is 6. The van der Waals surface area contributed by atoms with E-state index in [1.54, 1.807) is 7.11 Å². The zero-order valence-corrected chi connectivity index (χ0v) is 9.80. The van der Waals surface area contributed by atoms with Crippen molar-refractivity contribution in [1.29, 1.82) is 0 Å². The second-order valence-corrected chi connectivity index (χ2v) is 5.39. The Balaban J connectivity index is 1.64. The zero-order valence-electron chi connectivity index (χ0n) is 9.80. The Morgan fingerprint density at radius 3 is 2.73 bits per heavy atom. The van der Waals surface area contributed by atoms with Crippen LogP contribution >= 0.6 is 0 Å². The van der Waals surface area contributed by atoms with Crippen LogP contribution in [0.4, 0.5) is 0 Å². The van der Waals surface area contributed by atoms with E-state index in [1.807, 2.05) is 0 Å². The molecule has 2 unspecified atom stereocenters. The molecule has 0 spiro atoms. The minimum Gasteiger partial charge on any atom is -0.385 e. The fourth-order valence-corrected chi connectivity index (χ4v) is 2.57. The van der Waals surface area contributed by atoms with Crippen molar-refractivity contribution in [3.05, 3.63) is 0 Å². The van der Waals surface area contributed by atoms with E-state index in [0.29, 0.717) is 17.5 Å². The van der Waals surface area contributed by atoms with Crippen LogP contribution in [-0.2, 0) is 4.74 Å². The molecular weight excluding hydrogens is 188 g/mol. The van der Waals surface area contributed by atoms with Gasteiger partial charge in [0.15, 0.2) is 0 Å². The molecule has 15 heavy (non-hydrogen) atoms. The van der Waals surface area contributed by atoms with Crippen LogP contribution in [0.3, 0.4) is 0 Å². The molecule has 0 heterocycles. The van der Waals surface area contributed by atoms with E-state index >= 15 is 0 Å². The summed E-state index contributed by atoms with van der Waals surface area (Å²) in [6.07, 6.45) is 7.60. The molecule has 0 aliphatic heterocycles. The van der Waals surface area contributed by atoms with Crippen LogP contribution in [0.5, 0.6) is 0 Å². The third kappa shape index (κ3) is 3.16. The number of hydrogen-bond acceptors (Lipinski definition) is 3. The number of ether oxygens (including phenoxy) is 1. The van der Waals surface area contributed by atoms with Crippen LogP contribution in [0.2, 0.25) is 0 Å². The summed E-state index contributed by atoms with van der Waals surface area (Å²) in [4.78, 5) is 0. The van der Waals surface area contributed by atoms with Gasteiger partial charge in [-0.1, -0.05) is 0 Å². The Bertz CT molecular complexity index is 204. The van der Waals surface area contributed by atoms with Crippen molar-refractivity contribution >= 4 is 0 Å². The predicted octanol–water partition coefficient (Wildman–Crippen LogP) is 1.27. The summed E-state index contributed by atoms with van der Waals surface area (Å²) in [5, 5.41) is 3.69. The van der Waals surface area contributed by atoms with E-state index in [4.69, 9.17) is 10.5 Å². The lowest BCUT2D eigenvalue weighted by molar-refractivity contribution is 0.170. The molecule has 2 rings (SSSR count). The first-order valence-electron chi connectivity index (χ1n) is 6.22. The van der Waals surface area contributed by atoms with Crippen molar-refractivity contribution in [2.45, 2.75) is 50.6 Å². The molecule has 0 bridgehead atoms.